The average molecular weight is 188 g/mol. The molecule has 2 nitrogen and oxygen atoms in total. The van der Waals surface area contributed by atoms with Gasteiger partial charge in [0.15, 0.2) is 0 Å². The largest absolute Gasteiger partial charge is 0.450 e. The molecular formula is C12H12O2. The highest BCUT2D eigenvalue weighted by Gasteiger charge is 2.28. The van der Waals surface area contributed by atoms with Gasteiger partial charge in [-0.25, -0.2) is 4.79 Å². The second-order valence-corrected chi connectivity index (χ2v) is 3.66. The van der Waals surface area contributed by atoms with E-state index in [0.29, 0.717) is 5.56 Å². The second kappa shape index (κ2) is 3.29. The van der Waals surface area contributed by atoms with Crippen LogP contribution in [0.15, 0.2) is 35.9 Å². The van der Waals surface area contributed by atoms with E-state index >= 15 is 0 Å². The molecule has 1 heterocycles. The van der Waals surface area contributed by atoms with Gasteiger partial charge < -0.3 is 4.74 Å². The Kier molecular flexibility index (Phi) is 2.12. The lowest BCUT2D eigenvalue weighted by Gasteiger charge is -2.05. The summed E-state index contributed by atoms with van der Waals surface area (Å²) in [5.41, 5.74) is 2.81. The van der Waals surface area contributed by atoms with Gasteiger partial charge in [-0.05, 0) is 26.0 Å². The van der Waals surface area contributed by atoms with E-state index in [9.17, 15) is 4.79 Å². The zero-order valence-corrected chi connectivity index (χ0v) is 8.28. The Hall–Kier alpha value is -1.57. The van der Waals surface area contributed by atoms with Gasteiger partial charge in [-0.3, -0.25) is 0 Å². The van der Waals surface area contributed by atoms with Gasteiger partial charge in [0.1, 0.15) is 6.10 Å². The molecule has 0 spiro atoms. The van der Waals surface area contributed by atoms with Crippen LogP contribution in [0.2, 0.25) is 0 Å². The minimum atomic E-state index is -0.219. The molecule has 0 fully saturated rings. The number of ether oxygens (including phenoxy) is 1. The van der Waals surface area contributed by atoms with Crippen molar-refractivity contribution in [3.63, 3.8) is 0 Å². The highest BCUT2D eigenvalue weighted by atomic mass is 16.5. The van der Waals surface area contributed by atoms with E-state index in [-0.39, 0.29) is 12.1 Å². The molecule has 1 unspecified atom stereocenters. The Balaban J connectivity index is 2.44. The molecule has 0 saturated heterocycles. The minimum absolute atomic E-state index is 0.191. The molecule has 2 rings (SSSR count). The molecule has 1 atom stereocenters. The Morgan fingerprint density at radius 2 is 2.07 bits per heavy atom. The van der Waals surface area contributed by atoms with Gasteiger partial charge in [0.25, 0.3) is 0 Å². The fourth-order valence-corrected chi connectivity index (χ4v) is 1.60. The van der Waals surface area contributed by atoms with E-state index in [1.165, 1.54) is 0 Å². The van der Waals surface area contributed by atoms with Gasteiger partial charge in [0.05, 0.1) is 5.56 Å². The standard InChI is InChI=1S/C12H12O2/c1-8(2)7-11-9-5-3-4-6-10(9)12(13)14-11/h3-7,11H,1-2H3. The molecule has 1 aromatic carbocycles. The van der Waals surface area contributed by atoms with Gasteiger partial charge in [-0.15, -0.1) is 0 Å². The number of fused-ring (bicyclic) bond motifs is 1. The summed E-state index contributed by atoms with van der Waals surface area (Å²) < 4.78 is 5.23. The van der Waals surface area contributed by atoms with Crippen molar-refractivity contribution in [2.24, 2.45) is 0 Å². The summed E-state index contributed by atoms with van der Waals surface area (Å²) in [5, 5.41) is 0. The molecular weight excluding hydrogens is 176 g/mol. The maximum absolute atomic E-state index is 11.4. The first-order chi connectivity index (χ1) is 6.68. The van der Waals surface area contributed by atoms with Crippen LogP contribution in [0.5, 0.6) is 0 Å². The summed E-state index contributed by atoms with van der Waals surface area (Å²) in [6, 6.07) is 7.51. The predicted octanol–water partition coefficient (Wildman–Crippen LogP) is 2.86. The van der Waals surface area contributed by atoms with Crippen LogP contribution in [0.1, 0.15) is 35.9 Å². The number of esters is 1. The van der Waals surface area contributed by atoms with Gasteiger partial charge >= 0.3 is 5.97 Å². The number of hydrogen-bond acceptors (Lipinski definition) is 2. The van der Waals surface area contributed by atoms with Crippen LogP contribution in [-0.4, -0.2) is 5.97 Å². The van der Waals surface area contributed by atoms with Crippen molar-refractivity contribution >= 4 is 5.97 Å². The van der Waals surface area contributed by atoms with Crippen LogP contribution in [0.4, 0.5) is 0 Å². The molecule has 0 aliphatic carbocycles. The van der Waals surface area contributed by atoms with Gasteiger partial charge in [0.2, 0.25) is 0 Å². The average Bonchev–Trinajstić information content (AvgIpc) is 2.44. The van der Waals surface area contributed by atoms with Gasteiger partial charge in [-0.1, -0.05) is 23.8 Å². The normalized spacial score (nSPS) is 18.7. The molecule has 0 N–H and O–H groups in total. The molecule has 1 aromatic rings. The summed E-state index contributed by atoms with van der Waals surface area (Å²) in [6.07, 6.45) is 1.77. The van der Waals surface area contributed by atoms with Crippen LogP contribution in [0.3, 0.4) is 0 Å². The number of carbonyl (C=O) groups is 1. The fourth-order valence-electron chi connectivity index (χ4n) is 1.60. The Morgan fingerprint density at radius 1 is 1.36 bits per heavy atom. The third kappa shape index (κ3) is 1.43. The molecule has 2 heteroatoms. The molecule has 0 amide bonds. The SMILES string of the molecule is CC(C)=CC1OC(=O)c2ccccc21. The molecule has 0 radical (unpaired) electrons. The summed E-state index contributed by atoms with van der Waals surface area (Å²) in [6.45, 7) is 3.99. The van der Waals surface area contributed by atoms with E-state index in [2.05, 4.69) is 0 Å². The molecule has 14 heavy (non-hydrogen) atoms. The topological polar surface area (TPSA) is 26.3 Å². The highest BCUT2D eigenvalue weighted by molar-refractivity contribution is 5.94. The number of benzene rings is 1. The number of rotatable bonds is 1. The maximum Gasteiger partial charge on any atom is 0.339 e. The summed E-state index contributed by atoms with van der Waals surface area (Å²) >= 11 is 0. The first-order valence-corrected chi connectivity index (χ1v) is 4.63. The monoisotopic (exact) mass is 188 g/mol. The van der Waals surface area contributed by atoms with E-state index in [4.69, 9.17) is 4.74 Å². The smallest absolute Gasteiger partial charge is 0.339 e. The van der Waals surface area contributed by atoms with Crippen molar-refractivity contribution in [3.8, 4) is 0 Å². The summed E-state index contributed by atoms with van der Waals surface area (Å²) in [7, 11) is 0. The molecule has 0 bridgehead atoms. The lowest BCUT2D eigenvalue weighted by atomic mass is 10.0. The van der Waals surface area contributed by atoms with Crippen LogP contribution in [0.25, 0.3) is 0 Å². The van der Waals surface area contributed by atoms with Crippen molar-refractivity contribution in [2.75, 3.05) is 0 Å². The molecule has 1 aliphatic heterocycles. The van der Waals surface area contributed by atoms with Crippen molar-refractivity contribution in [3.05, 3.63) is 47.0 Å². The van der Waals surface area contributed by atoms with E-state index in [0.717, 1.165) is 11.1 Å². The van der Waals surface area contributed by atoms with Crippen LogP contribution >= 0.6 is 0 Å². The second-order valence-electron chi connectivity index (χ2n) is 3.66. The maximum atomic E-state index is 11.4. The van der Waals surface area contributed by atoms with E-state index in [1.54, 1.807) is 6.07 Å². The number of carbonyl (C=O) groups excluding carboxylic acids is 1. The Labute approximate surface area is 83.2 Å². The highest BCUT2D eigenvalue weighted by Crippen LogP contribution is 2.31. The summed E-state index contributed by atoms with van der Waals surface area (Å²) in [5.74, 6) is -0.219. The zero-order chi connectivity index (χ0) is 10.1. The zero-order valence-electron chi connectivity index (χ0n) is 8.28. The van der Waals surface area contributed by atoms with Crippen molar-refractivity contribution in [1.82, 2.24) is 0 Å². The van der Waals surface area contributed by atoms with Crippen LogP contribution < -0.4 is 0 Å². The first-order valence-electron chi connectivity index (χ1n) is 4.63. The van der Waals surface area contributed by atoms with Gasteiger partial charge in [-0.2, -0.15) is 0 Å². The number of cyclic esters (lactones) is 1. The van der Waals surface area contributed by atoms with Crippen LogP contribution in [0, 0.1) is 0 Å². The number of hydrogen-bond donors (Lipinski definition) is 0. The van der Waals surface area contributed by atoms with E-state index < -0.39 is 0 Å². The minimum Gasteiger partial charge on any atom is -0.450 e. The third-order valence-corrected chi connectivity index (χ3v) is 2.21. The lowest BCUT2D eigenvalue weighted by Crippen LogP contribution is -1.95. The Morgan fingerprint density at radius 3 is 2.79 bits per heavy atom. The van der Waals surface area contributed by atoms with Crippen molar-refractivity contribution in [2.45, 2.75) is 20.0 Å². The van der Waals surface area contributed by atoms with Crippen LogP contribution in [-0.2, 0) is 4.74 Å². The molecule has 0 saturated carbocycles. The summed E-state index contributed by atoms with van der Waals surface area (Å²) in [4.78, 5) is 11.4. The number of allylic oxidation sites excluding steroid dienone is 1. The molecule has 72 valence electrons. The van der Waals surface area contributed by atoms with E-state index in [1.807, 2.05) is 38.1 Å². The Bertz CT molecular complexity index is 401. The molecule has 0 aromatic heterocycles. The lowest BCUT2D eigenvalue weighted by molar-refractivity contribution is 0.0466. The predicted molar refractivity (Wildman–Crippen MR) is 54.0 cm³/mol. The van der Waals surface area contributed by atoms with Gasteiger partial charge in [0, 0.05) is 5.56 Å². The van der Waals surface area contributed by atoms with Crippen molar-refractivity contribution < 1.29 is 9.53 Å². The molecule has 1 aliphatic rings. The quantitative estimate of drug-likeness (QED) is 0.500. The van der Waals surface area contributed by atoms with Crippen molar-refractivity contribution in [1.29, 1.82) is 0 Å². The fraction of sp³-hybridized carbons (Fsp3) is 0.250. The third-order valence-electron chi connectivity index (χ3n) is 2.21. The first kappa shape index (κ1) is 9.00.